The molecule has 1 aromatic rings. The molecular weight excluding hydrogens is 268 g/mol. The van der Waals surface area contributed by atoms with Gasteiger partial charge in [0.25, 0.3) is 5.69 Å². The lowest BCUT2D eigenvalue weighted by atomic mass is 9.98. The van der Waals surface area contributed by atoms with E-state index >= 15 is 0 Å². The van der Waals surface area contributed by atoms with Gasteiger partial charge < -0.3 is 11.1 Å². The van der Waals surface area contributed by atoms with Gasteiger partial charge in [-0.2, -0.15) is 0 Å². The molecule has 1 unspecified atom stereocenters. The summed E-state index contributed by atoms with van der Waals surface area (Å²) in [6.45, 7) is 0.264. The number of anilines is 1. The van der Waals surface area contributed by atoms with E-state index in [1.807, 2.05) is 0 Å². The number of nitro groups is 1. The van der Waals surface area contributed by atoms with Crippen LogP contribution >= 0.6 is 0 Å². The number of nitrogens with one attached hydrogen (secondary N) is 1. The first-order valence-corrected chi connectivity index (χ1v) is 6.63. The van der Waals surface area contributed by atoms with E-state index in [2.05, 4.69) is 5.32 Å². The van der Waals surface area contributed by atoms with Crippen LogP contribution in [0.15, 0.2) is 12.1 Å². The highest BCUT2D eigenvalue weighted by atomic mass is 19.1. The van der Waals surface area contributed by atoms with Crippen molar-refractivity contribution in [3.63, 3.8) is 0 Å². The summed E-state index contributed by atoms with van der Waals surface area (Å²) in [6, 6.07) is 1.21. The molecule has 0 bridgehead atoms. The molecule has 1 atom stereocenters. The number of nitrogens with zero attached hydrogens (tertiary/aromatic N) is 1. The van der Waals surface area contributed by atoms with Crippen molar-refractivity contribution < 1.29 is 13.7 Å². The maximum Gasteiger partial charge on any atom is 0.275 e. The van der Waals surface area contributed by atoms with E-state index in [1.165, 1.54) is 0 Å². The van der Waals surface area contributed by atoms with Crippen LogP contribution in [0, 0.1) is 27.7 Å². The second-order valence-corrected chi connectivity index (χ2v) is 5.07. The molecule has 0 aromatic heterocycles. The van der Waals surface area contributed by atoms with E-state index in [0.29, 0.717) is 12.1 Å². The van der Waals surface area contributed by atoms with Crippen LogP contribution in [0.2, 0.25) is 0 Å². The molecule has 0 radical (unpaired) electrons. The average molecular weight is 285 g/mol. The third kappa shape index (κ3) is 3.04. The lowest BCUT2D eigenvalue weighted by molar-refractivity contribution is -0.385. The lowest BCUT2D eigenvalue weighted by Crippen LogP contribution is -2.35. The summed E-state index contributed by atoms with van der Waals surface area (Å²) in [6.07, 6.45) is 4.14. The van der Waals surface area contributed by atoms with Gasteiger partial charge in [0.15, 0.2) is 11.6 Å². The van der Waals surface area contributed by atoms with Crippen molar-refractivity contribution in [2.45, 2.75) is 31.7 Å². The minimum Gasteiger partial charge on any atom is -0.376 e. The third-order valence-corrected chi connectivity index (χ3v) is 3.79. The molecule has 110 valence electrons. The van der Waals surface area contributed by atoms with Crippen molar-refractivity contribution in [3.8, 4) is 0 Å². The van der Waals surface area contributed by atoms with Crippen LogP contribution in [0.3, 0.4) is 0 Å². The summed E-state index contributed by atoms with van der Waals surface area (Å²) in [5.74, 6) is -1.64. The first-order chi connectivity index (χ1) is 9.52. The highest BCUT2D eigenvalue weighted by Gasteiger charge is 2.26. The van der Waals surface area contributed by atoms with Crippen LogP contribution < -0.4 is 11.1 Å². The summed E-state index contributed by atoms with van der Waals surface area (Å²) < 4.78 is 27.6. The molecule has 20 heavy (non-hydrogen) atoms. The maximum atomic E-state index is 13.8. The van der Waals surface area contributed by atoms with Crippen LogP contribution in [-0.4, -0.2) is 17.5 Å². The van der Waals surface area contributed by atoms with E-state index in [1.54, 1.807) is 0 Å². The molecule has 7 heteroatoms. The fourth-order valence-electron chi connectivity index (χ4n) is 2.72. The van der Waals surface area contributed by atoms with Gasteiger partial charge >= 0.3 is 0 Å². The number of non-ortho nitro benzene ring substituents is 1. The number of halogens is 2. The van der Waals surface area contributed by atoms with Crippen molar-refractivity contribution in [3.05, 3.63) is 33.9 Å². The Labute approximate surface area is 115 Å². The van der Waals surface area contributed by atoms with Crippen LogP contribution in [0.1, 0.15) is 25.7 Å². The molecule has 1 aliphatic carbocycles. The van der Waals surface area contributed by atoms with Crippen molar-refractivity contribution in [1.82, 2.24) is 0 Å². The van der Waals surface area contributed by atoms with Gasteiger partial charge in [-0.1, -0.05) is 12.8 Å². The molecule has 0 saturated heterocycles. The van der Waals surface area contributed by atoms with Gasteiger partial charge in [0, 0.05) is 12.6 Å². The predicted molar refractivity (Wildman–Crippen MR) is 71.4 cm³/mol. The number of benzene rings is 1. The molecule has 0 heterocycles. The zero-order valence-corrected chi connectivity index (χ0v) is 10.9. The van der Waals surface area contributed by atoms with Gasteiger partial charge in [-0.05, 0) is 18.8 Å². The molecule has 1 saturated carbocycles. The number of rotatable bonds is 5. The first-order valence-electron chi connectivity index (χ1n) is 6.63. The monoisotopic (exact) mass is 285 g/mol. The molecular formula is C13H17F2N3O2. The SMILES string of the molecule is NCC(Nc1c(F)cc([N+](=O)[O-])cc1F)C1CCCC1. The summed E-state index contributed by atoms with van der Waals surface area (Å²) in [7, 11) is 0. The molecule has 3 N–H and O–H groups in total. The first kappa shape index (κ1) is 14.6. The summed E-state index contributed by atoms with van der Waals surface area (Å²) in [4.78, 5) is 9.71. The molecule has 0 aliphatic heterocycles. The van der Waals surface area contributed by atoms with Crippen molar-refractivity contribution in [1.29, 1.82) is 0 Å². The Morgan fingerprint density at radius 2 is 1.90 bits per heavy atom. The van der Waals surface area contributed by atoms with Crippen LogP contribution in [0.5, 0.6) is 0 Å². The minimum atomic E-state index is -0.965. The van der Waals surface area contributed by atoms with Gasteiger partial charge in [-0.25, -0.2) is 8.78 Å². The zero-order chi connectivity index (χ0) is 14.7. The van der Waals surface area contributed by atoms with E-state index in [-0.39, 0.29) is 24.2 Å². The van der Waals surface area contributed by atoms with E-state index in [4.69, 9.17) is 5.73 Å². The largest absolute Gasteiger partial charge is 0.376 e. The maximum absolute atomic E-state index is 13.8. The number of hydrogen-bond donors (Lipinski definition) is 2. The Balaban J connectivity index is 2.21. The predicted octanol–water partition coefficient (Wildman–Crippen LogP) is 2.80. The van der Waals surface area contributed by atoms with Crippen LogP contribution in [0.25, 0.3) is 0 Å². The highest BCUT2D eigenvalue weighted by molar-refractivity contribution is 5.52. The fourth-order valence-corrected chi connectivity index (χ4v) is 2.72. The molecule has 2 rings (SSSR count). The van der Waals surface area contributed by atoms with Gasteiger partial charge in [0.2, 0.25) is 0 Å². The third-order valence-electron chi connectivity index (χ3n) is 3.79. The summed E-state index contributed by atoms with van der Waals surface area (Å²) in [5, 5.41) is 13.3. The molecule has 5 nitrogen and oxygen atoms in total. The number of nitrogens with two attached hydrogens (primary N) is 1. The van der Waals surface area contributed by atoms with E-state index in [0.717, 1.165) is 25.7 Å². The Kier molecular flexibility index (Phi) is 4.49. The molecule has 1 aromatic carbocycles. The van der Waals surface area contributed by atoms with Crippen molar-refractivity contribution in [2.24, 2.45) is 11.7 Å². The van der Waals surface area contributed by atoms with Crippen LogP contribution in [-0.2, 0) is 0 Å². The second-order valence-electron chi connectivity index (χ2n) is 5.07. The van der Waals surface area contributed by atoms with Gasteiger partial charge in [-0.15, -0.1) is 0 Å². The second kappa shape index (κ2) is 6.13. The Morgan fingerprint density at radius 3 is 2.35 bits per heavy atom. The van der Waals surface area contributed by atoms with Crippen LogP contribution in [0.4, 0.5) is 20.2 Å². The topological polar surface area (TPSA) is 81.2 Å². The molecule has 1 fully saturated rings. The molecule has 1 aliphatic rings. The van der Waals surface area contributed by atoms with Gasteiger partial charge in [-0.3, -0.25) is 10.1 Å². The van der Waals surface area contributed by atoms with Gasteiger partial charge in [0.1, 0.15) is 5.69 Å². The Morgan fingerprint density at radius 1 is 1.35 bits per heavy atom. The molecule has 0 amide bonds. The van der Waals surface area contributed by atoms with E-state index < -0.39 is 22.2 Å². The average Bonchev–Trinajstić information content (AvgIpc) is 2.91. The van der Waals surface area contributed by atoms with E-state index in [9.17, 15) is 18.9 Å². The zero-order valence-electron chi connectivity index (χ0n) is 10.9. The normalized spacial score (nSPS) is 17.1. The minimum absolute atomic E-state index is 0.219. The molecule has 0 spiro atoms. The number of hydrogen-bond acceptors (Lipinski definition) is 4. The van der Waals surface area contributed by atoms with Crippen molar-refractivity contribution in [2.75, 3.05) is 11.9 Å². The van der Waals surface area contributed by atoms with Crippen molar-refractivity contribution >= 4 is 11.4 Å². The quantitative estimate of drug-likeness (QED) is 0.644. The standard InChI is InChI=1S/C13H17F2N3O2/c14-10-5-9(18(19)20)6-11(15)13(10)17-12(7-16)8-3-1-2-4-8/h5-6,8,12,17H,1-4,7,16H2. The summed E-state index contributed by atoms with van der Waals surface area (Å²) >= 11 is 0. The van der Waals surface area contributed by atoms with Gasteiger partial charge in [0.05, 0.1) is 17.1 Å². The Hall–Kier alpha value is -1.76. The smallest absolute Gasteiger partial charge is 0.275 e. The number of nitro benzene ring substituents is 1. The fraction of sp³-hybridized carbons (Fsp3) is 0.538. The highest BCUT2D eigenvalue weighted by Crippen LogP contribution is 2.31. The summed E-state index contributed by atoms with van der Waals surface area (Å²) in [5.41, 5.74) is 4.73. The lowest BCUT2D eigenvalue weighted by Gasteiger charge is -2.24. The Bertz CT molecular complexity index is 481.